The maximum absolute atomic E-state index is 5.40. The molecule has 0 unspecified atom stereocenters. The van der Waals surface area contributed by atoms with Gasteiger partial charge in [-0.25, -0.2) is 0 Å². The first-order valence-corrected chi connectivity index (χ1v) is 11.2. The van der Waals surface area contributed by atoms with Crippen molar-refractivity contribution >= 4 is 5.96 Å². The van der Waals surface area contributed by atoms with Gasteiger partial charge in [0.05, 0.1) is 14.2 Å². The third kappa shape index (κ3) is 6.12. The number of benzene rings is 1. The molecule has 0 radical (unpaired) electrons. The van der Waals surface area contributed by atoms with Crippen molar-refractivity contribution in [3.63, 3.8) is 0 Å². The number of rotatable bonds is 9. The number of nitrogens with one attached hydrogen (secondary N) is 1. The van der Waals surface area contributed by atoms with Crippen molar-refractivity contribution in [2.45, 2.75) is 51.5 Å². The number of aromatic nitrogens is 3. The van der Waals surface area contributed by atoms with Gasteiger partial charge in [0.1, 0.15) is 11.6 Å². The van der Waals surface area contributed by atoms with Crippen molar-refractivity contribution < 1.29 is 9.47 Å². The topological polar surface area (TPSA) is 76.8 Å². The van der Waals surface area contributed by atoms with E-state index >= 15 is 0 Å². The summed E-state index contributed by atoms with van der Waals surface area (Å²) < 4.78 is 13.1. The monoisotopic (exact) mass is 428 g/mol. The second-order valence-corrected chi connectivity index (χ2v) is 7.93. The Hall–Kier alpha value is -2.77. The molecular weight excluding hydrogens is 392 g/mol. The molecule has 0 aliphatic carbocycles. The minimum absolute atomic E-state index is 0.752. The Kier molecular flexibility index (Phi) is 8.55. The fourth-order valence-corrected chi connectivity index (χ4v) is 4.00. The fraction of sp³-hybridized carbons (Fsp3) is 0.609. The molecule has 3 rings (SSSR count). The molecule has 0 amide bonds. The van der Waals surface area contributed by atoms with Gasteiger partial charge in [-0.2, -0.15) is 0 Å². The van der Waals surface area contributed by atoms with Gasteiger partial charge in [0.25, 0.3) is 0 Å². The van der Waals surface area contributed by atoms with Crippen molar-refractivity contribution in [3.8, 4) is 11.5 Å². The van der Waals surface area contributed by atoms with Crippen LogP contribution in [0.1, 0.15) is 42.9 Å². The maximum atomic E-state index is 5.40. The van der Waals surface area contributed by atoms with E-state index in [1.54, 1.807) is 14.2 Å². The average Bonchev–Trinajstić information content (AvgIpc) is 3.02. The lowest BCUT2D eigenvalue weighted by atomic mass is 10.1. The molecule has 31 heavy (non-hydrogen) atoms. The van der Waals surface area contributed by atoms with E-state index in [2.05, 4.69) is 43.1 Å². The highest BCUT2D eigenvalue weighted by atomic mass is 16.5. The molecule has 0 fully saturated rings. The molecule has 1 aliphatic rings. The predicted molar refractivity (Wildman–Crippen MR) is 123 cm³/mol. The summed E-state index contributed by atoms with van der Waals surface area (Å²) >= 11 is 0. The minimum atomic E-state index is 0.752. The molecule has 170 valence electrons. The summed E-state index contributed by atoms with van der Waals surface area (Å²) in [6.45, 7) is 2.77. The van der Waals surface area contributed by atoms with Crippen LogP contribution in [0.5, 0.6) is 11.5 Å². The summed E-state index contributed by atoms with van der Waals surface area (Å²) in [7, 11) is 7.21. The molecule has 0 spiro atoms. The van der Waals surface area contributed by atoms with Crippen molar-refractivity contribution in [1.29, 1.82) is 0 Å². The van der Waals surface area contributed by atoms with Gasteiger partial charge in [0.15, 0.2) is 17.5 Å². The number of hydrogen-bond acceptors (Lipinski definition) is 5. The lowest BCUT2D eigenvalue weighted by Crippen LogP contribution is -2.40. The standard InChI is InChI=1S/C23H36N6O2/c1-24-23(28(2)16-13-18-11-12-19(30-3)20(17-18)31-4)25-14-8-10-22-27-26-21-9-6-5-7-15-29(21)22/h11-12,17H,5-10,13-16H2,1-4H3,(H,24,25). The van der Waals surface area contributed by atoms with Gasteiger partial charge in [-0.15, -0.1) is 10.2 Å². The van der Waals surface area contributed by atoms with Gasteiger partial charge < -0.3 is 24.3 Å². The Morgan fingerprint density at radius 1 is 1.13 bits per heavy atom. The number of aryl methyl sites for hydroxylation is 2. The van der Waals surface area contributed by atoms with Crippen LogP contribution in [-0.2, 0) is 25.8 Å². The summed E-state index contributed by atoms with van der Waals surface area (Å²) in [6.07, 6.45) is 7.63. The fourth-order valence-electron chi connectivity index (χ4n) is 4.00. The molecule has 1 aliphatic heterocycles. The van der Waals surface area contributed by atoms with Crippen molar-refractivity contribution in [1.82, 2.24) is 25.0 Å². The number of likely N-dealkylation sites (N-methyl/N-ethyl adjacent to an activating group) is 1. The molecule has 2 aromatic rings. The van der Waals surface area contributed by atoms with Crippen LogP contribution in [0.15, 0.2) is 23.2 Å². The second-order valence-electron chi connectivity index (χ2n) is 7.93. The molecule has 1 N–H and O–H groups in total. The van der Waals surface area contributed by atoms with Crippen molar-refractivity contribution in [3.05, 3.63) is 35.4 Å². The summed E-state index contributed by atoms with van der Waals surface area (Å²) in [5.74, 6) is 4.69. The van der Waals surface area contributed by atoms with E-state index in [4.69, 9.17) is 9.47 Å². The summed E-state index contributed by atoms with van der Waals surface area (Å²) in [5.41, 5.74) is 1.20. The van der Waals surface area contributed by atoms with Gasteiger partial charge in [0, 0.05) is 46.6 Å². The van der Waals surface area contributed by atoms with E-state index in [1.807, 2.05) is 19.2 Å². The van der Waals surface area contributed by atoms with Crippen LogP contribution in [-0.4, -0.2) is 67.0 Å². The number of hydrogen-bond donors (Lipinski definition) is 1. The number of fused-ring (bicyclic) bond motifs is 1. The molecule has 0 saturated carbocycles. The first-order chi connectivity index (χ1) is 15.2. The summed E-state index contributed by atoms with van der Waals surface area (Å²) in [5, 5.41) is 12.3. The highest BCUT2D eigenvalue weighted by Crippen LogP contribution is 2.27. The zero-order valence-electron chi connectivity index (χ0n) is 19.4. The highest BCUT2D eigenvalue weighted by molar-refractivity contribution is 5.79. The Morgan fingerprint density at radius 2 is 1.97 bits per heavy atom. The van der Waals surface area contributed by atoms with E-state index in [-0.39, 0.29) is 0 Å². The lowest BCUT2D eigenvalue weighted by Gasteiger charge is -2.22. The normalized spacial score (nSPS) is 14.0. The molecule has 0 atom stereocenters. The molecule has 1 aromatic carbocycles. The molecule has 0 saturated heterocycles. The van der Waals surface area contributed by atoms with Gasteiger partial charge in [-0.1, -0.05) is 12.5 Å². The second kappa shape index (κ2) is 11.6. The molecule has 0 bridgehead atoms. The molecule has 8 nitrogen and oxygen atoms in total. The van der Waals surface area contributed by atoms with E-state index < -0.39 is 0 Å². The van der Waals surface area contributed by atoms with E-state index in [0.29, 0.717) is 0 Å². The van der Waals surface area contributed by atoms with Crippen LogP contribution in [0.25, 0.3) is 0 Å². The van der Waals surface area contributed by atoms with Crippen LogP contribution in [0.2, 0.25) is 0 Å². The van der Waals surface area contributed by atoms with E-state index in [9.17, 15) is 0 Å². The molecular formula is C23H36N6O2. The minimum Gasteiger partial charge on any atom is -0.493 e. The largest absolute Gasteiger partial charge is 0.493 e. The SMILES string of the molecule is CN=C(NCCCc1nnc2n1CCCCC2)N(C)CCc1ccc(OC)c(OC)c1. The maximum Gasteiger partial charge on any atom is 0.193 e. The molecule has 2 heterocycles. The number of aliphatic imine (C=N–C) groups is 1. The van der Waals surface area contributed by atoms with Crippen LogP contribution < -0.4 is 14.8 Å². The van der Waals surface area contributed by atoms with Gasteiger partial charge in [-0.05, 0) is 43.4 Å². The summed E-state index contributed by atoms with van der Waals surface area (Å²) in [6, 6.07) is 6.06. The summed E-state index contributed by atoms with van der Waals surface area (Å²) in [4.78, 5) is 6.58. The predicted octanol–water partition coefficient (Wildman–Crippen LogP) is 2.70. The van der Waals surface area contributed by atoms with Crippen LogP contribution in [0.3, 0.4) is 0 Å². The quantitative estimate of drug-likeness (QED) is 0.376. The Balaban J connectivity index is 1.44. The third-order valence-corrected chi connectivity index (χ3v) is 5.80. The Morgan fingerprint density at radius 3 is 2.74 bits per heavy atom. The first kappa shape index (κ1) is 22.9. The number of methoxy groups -OCH3 is 2. The van der Waals surface area contributed by atoms with Gasteiger partial charge >= 0.3 is 0 Å². The van der Waals surface area contributed by atoms with Crippen LogP contribution in [0.4, 0.5) is 0 Å². The van der Waals surface area contributed by atoms with Crippen LogP contribution >= 0.6 is 0 Å². The van der Waals surface area contributed by atoms with Crippen molar-refractivity contribution in [2.75, 3.05) is 41.4 Å². The van der Waals surface area contributed by atoms with Crippen LogP contribution in [0, 0.1) is 0 Å². The first-order valence-electron chi connectivity index (χ1n) is 11.2. The zero-order valence-corrected chi connectivity index (χ0v) is 19.4. The smallest absolute Gasteiger partial charge is 0.193 e. The molecule has 1 aromatic heterocycles. The van der Waals surface area contributed by atoms with Crippen molar-refractivity contribution in [2.24, 2.45) is 4.99 Å². The van der Waals surface area contributed by atoms with E-state index in [0.717, 1.165) is 74.4 Å². The van der Waals surface area contributed by atoms with Gasteiger partial charge in [0.2, 0.25) is 0 Å². The zero-order chi connectivity index (χ0) is 22.1. The number of nitrogens with zero attached hydrogens (tertiary/aromatic N) is 5. The Labute approximate surface area is 185 Å². The number of guanidine groups is 1. The number of ether oxygens (including phenoxy) is 2. The average molecular weight is 429 g/mol. The lowest BCUT2D eigenvalue weighted by molar-refractivity contribution is 0.354. The molecule has 8 heteroatoms. The third-order valence-electron chi connectivity index (χ3n) is 5.80. The Bertz CT molecular complexity index is 864. The highest BCUT2D eigenvalue weighted by Gasteiger charge is 2.14. The van der Waals surface area contributed by atoms with E-state index in [1.165, 1.54) is 24.8 Å². The van der Waals surface area contributed by atoms with Gasteiger partial charge in [-0.3, -0.25) is 4.99 Å².